The molecule has 0 saturated heterocycles. The first-order valence-electron chi connectivity index (χ1n) is 6.89. The van der Waals surface area contributed by atoms with Gasteiger partial charge in [-0.25, -0.2) is 0 Å². The summed E-state index contributed by atoms with van der Waals surface area (Å²) in [6.45, 7) is 0. The van der Waals surface area contributed by atoms with Crippen molar-refractivity contribution in [3.63, 3.8) is 0 Å². The van der Waals surface area contributed by atoms with Gasteiger partial charge in [0.25, 0.3) is 5.91 Å². The molecule has 23 heavy (non-hydrogen) atoms. The van der Waals surface area contributed by atoms with Crippen molar-refractivity contribution in [2.24, 2.45) is 0 Å². The molecule has 0 aliphatic rings. The molecule has 2 rings (SSSR count). The molecule has 0 aliphatic heterocycles. The molecule has 122 valence electrons. The summed E-state index contributed by atoms with van der Waals surface area (Å²) < 4.78 is 20.9. The molecule has 0 bridgehead atoms. The maximum atomic E-state index is 12.7. The number of methoxy groups -OCH3 is 4. The summed E-state index contributed by atoms with van der Waals surface area (Å²) in [6, 6.07) is 10.3. The highest BCUT2D eigenvalue weighted by Gasteiger charge is 2.19. The average Bonchev–Trinajstić information content (AvgIpc) is 2.60. The van der Waals surface area contributed by atoms with Gasteiger partial charge >= 0.3 is 0 Å². The van der Waals surface area contributed by atoms with Crippen LogP contribution >= 0.6 is 0 Å². The van der Waals surface area contributed by atoms with Crippen LogP contribution in [0.15, 0.2) is 36.4 Å². The quantitative estimate of drug-likeness (QED) is 0.887. The second-order valence-corrected chi connectivity index (χ2v) is 4.56. The van der Waals surface area contributed by atoms with Crippen LogP contribution < -0.4 is 24.3 Å². The Balaban J connectivity index is 2.40. The van der Waals surface area contributed by atoms with Crippen LogP contribution in [0.3, 0.4) is 0 Å². The van der Waals surface area contributed by atoms with Crippen LogP contribution in [0.1, 0.15) is 10.4 Å². The first kappa shape index (κ1) is 16.5. The number of carbonyl (C=O) groups is 1. The van der Waals surface area contributed by atoms with E-state index in [1.807, 2.05) is 0 Å². The van der Waals surface area contributed by atoms with E-state index < -0.39 is 0 Å². The van der Waals surface area contributed by atoms with E-state index in [2.05, 4.69) is 5.32 Å². The summed E-state index contributed by atoms with van der Waals surface area (Å²) in [7, 11) is 6.08. The molecule has 0 aliphatic carbocycles. The maximum Gasteiger partial charge on any atom is 0.263 e. The largest absolute Gasteiger partial charge is 0.497 e. The molecule has 1 N–H and O–H groups in total. The van der Waals surface area contributed by atoms with E-state index in [9.17, 15) is 4.79 Å². The zero-order valence-corrected chi connectivity index (χ0v) is 13.5. The average molecular weight is 317 g/mol. The summed E-state index contributed by atoms with van der Waals surface area (Å²) in [4.78, 5) is 12.7. The molecule has 0 heterocycles. The summed E-state index contributed by atoms with van der Waals surface area (Å²) >= 11 is 0. The summed E-state index contributed by atoms with van der Waals surface area (Å²) in [5.74, 6) is 1.60. The van der Waals surface area contributed by atoms with Crippen LogP contribution in [-0.2, 0) is 0 Å². The van der Waals surface area contributed by atoms with Crippen LogP contribution in [0, 0.1) is 0 Å². The fraction of sp³-hybridized carbons (Fsp3) is 0.235. The van der Waals surface area contributed by atoms with Crippen molar-refractivity contribution in [2.45, 2.75) is 0 Å². The zero-order valence-electron chi connectivity index (χ0n) is 13.5. The molecule has 6 nitrogen and oxygen atoms in total. The van der Waals surface area contributed by atoms with Gasteiger partial charge in [0.15, 0.2) is 0 Å². The number of hydrogen-bond donors (Lipinski definition) is 1. The van der Waals surface area contributed by atoms with Crippen LogP contribution in [0.25, 0.3) is 0 Å². The molecule has 0 atom stereocenters. The fourth-order valence-electron chi connectivity index (χ4n) is 2.17. The molecule has 0 unspecified atom stereocenters. The SMILES string of the molecule is COc1ccc(OC)c(NC(=O)c2c(OC)cccc2OC)c1. The number of rotatable bonds is 6. The Bertz CT molecular complexity index is 677. The predicted molar refractivity (Wildman–Crippen MR) is 87.0 cm³/mol. The standard InChI is InChI=1S/C17H19NO5/c1-20-11-8-9-13(21-2)12(10-11)18-17(19)16-14(22-3)6-5-7-15(16)23-4/h5-10H,1-4H3,(H,18,19). The van der Waals surface area contributed by atoms with Crippen LogP contribution in [-0.4, -0.2) is 34.3 Å². The fourth-order valence-corrected chi connectivity index (χ4v) is 2.17. The predicted octanol–water partition coefficient (Wildman–Crippen LogP) is 2.97. The van der Waals surface area contributed by atoms with Crippen molar-refractivity contribution in [2.75, 3.05) is 33.8 Å². The highest BCUT2D eigenvalue weighted by Crippen LogP contribution is 2.32. The van der Waals surface area contributed by atoms with Gasteiger partial charge in [-0.1, -0.05) is 6.07 Å². The van der Waals surface area contributed by atoms with E-state index in [1.165, 1.54) is 21.3 Å². The Labute approximate surface area is 134 Å². The van der Waals surface area contributed by atoms with Gasteiger partial charge in [0.05, 0.1) is 34.1 Å². The van der Waals surface area contributed by atoms with Gasteiger partial charge < -0.3 is 24.3 Å². The normalized spacial score (nSPS) is 9.91. The van der Waals surface area contributed by atoms with E-state index in [-0.39, 0.29) is 5.91 Å². The highest BCUT2D eigenvalue weighted by molar-refractivity contribution is 6.09. The Morgan fingerprint density at radius 3 is 1.96 bits per heavy atom. The molecule has 6 heteroatoms. The van der Waals surface area contributed by atoms with Gasteiger partial charge in [0.1, 0.15) is 28.6 Å². The van der Waals surface area contributed by atoms with E-state index in [0.29, 0.717) is 34.2 Å². The molecule has 2 aromatic carbocycles. The molecule has 2 aromatic rings. The van der Waals surface area contributed by atoms with Crippen molar-refractivity contribution in [3.05, 3.63) is 42.0 Å². The number of amides is 1. The molecule has 0 aromatic heterocycles. The second kappa shape index (κ2) is 7.40. The first-order valence-corrected chi connectivity index (χ1v) is 6.89. The minimum Gasteiger partial charge on any atom is -0.497 e. The van der Waals surface area contributed by atoms with E-state index in [1.54, 1.807) is 43.5 Å². The zero-order chi connectivity index (χ0) is 16.8. The number of anilines is 1. The number of benzene rings is 2. The number of carbonyl (C=O) groups excluding carboxylic acids is 1. The van der Waals surface area contributed by atoms with Gasteiger partial charge in [-0.2, -0.15) is 0 Å². The van der Waals surface area contributed by atoms with Crippen molar-refractivity contribution in [1.29, 1.82) is 0 Å². The Kier molecular flexibility index (Phi) is 5.30. The molecular formula is C17H19NO5. The van der Waals surface area contributed by atoms with Crippen molar-refractivity contribution in [1.82, 2.24) is 0 Å². The molecule has 0 saturated carbocycles. The molecule has 0 fully saturated rings. The smallest absolute Gasteiger partial charge is 0.263 e. The third-order valence-electron chi connectivity index (χ3n) is 3.31. The monoisotopic (exact) mass is 317 g/mol. The second-order valence-electron chi connectivity index (χ2n) is 4.56. The summed E-state index contributed by atoms with van der Waals surface area (Å²) in [5, 5.41) is 2.80. The van der Waals surface area contributed by atoms with Gasteiger partial charge in [-0.05, 0) is 24.3 Å². The third-order valence-corrected chi connectivity index (χ3v) is 3.31. The Morgan fingerprint density at radius 1 is 0.826 bits per heavy atom. The van der Waals surface area contributed by atoms with Gasteiger partial charge in [-0.3, -0.25) is 4.79 Å². The summed E-state index contributed by atoms with van der Waals surface area (Å²) in [6.07, 6.45) is 0. The molecular weight excluding hydrogens is 298 g/mol. The van der Waals surface area contributed by atoms with Gasteiger partial charge in [-0.15, -0.1) is 0 Å². The number of ether oxygens (including phenoxy) is 4. The molecule has 0 spiro atoms. The lowest BCUT2D eigenvalue weighted by Crippen LogP contribution is -2.15. The third kappa shape index (κ3) is 3.48. The van der Waals surface area contributed by atoms with Crippen LogP contribution in [0.4, 0.5) is 5.69 Å². The van der Waals surface area contributed by atoms with Gasteiger partial charge in [0, 0.05) is 6.07 Å². The van der Waals surface area contributed by atoms with Gasteiger partial charge in [0.2, 0.25) is 0 Å². The minimum absolute atomic E-state index is 0.308. The Morgan fingerprint density at radius 2 is 1.43 bits per heavy atom. The minimum atomic E-state index is -0.370. The van der Waals surface area contributed by atoms with Crippen LogP contribution in [0.5, 0.6) is 23.0 Å². The van der Waals surface area contributed by atoms with Crippen molar-refractivity contribution >= 4 is 11.6 Å². The van der Waals surface area contributed by atoms with E-state index in [0.717, 1.165) is 0 Å². The van der Waals surface area contributed by atoms with E-state index >= 15 is 0 Å². The van der Waals surface area contributed by atoms with Crippen molar-refractivity contribution in [3.8, 4) is 23.0 Å². The van der Waals surface area contributed by atoms with Crippen LogP contribution in [0.2, 0.25) is 0 Å². The molecule has 1 amide bonds. The lowest BCUT2D eigenvalue weighted by Gasteiger charge is -2.15. The number of nitrogens with one attached hydrogen (secondary N) is 1. The molecule has 0 radical (unpaired) electrons. The lowest BCUT2D eigenvalue weighted by atomic mass is 10.1. The van der Waals surface area contributed by atoms with Crippen molar-refractivity contribution < 1.29 is 23.7 Å². The number of hydrogen-bond acceptors (Lipinski definition) is 5. The first-order chi connectivity index (χ1) is 11.1. The summed E-state index contributed by atoms with van der Waals surface area (Å²) in [5.41, 5.74) is 0.798. The Hall–Kier alpha value is -2.89. The highest BCUT2D eigenvalue weighted by atomic mass is 16.5. The maximum absolute atomic E-state index is 12.7. The lowest BCUT2D eigenvalue weighted by molar-refractivity contribution is 0.102. The topological polar surface area (TPSA) is 66.0 Å². The van der Waals surface area contributed by atoms with E-state index in [4.69, 9.17) is 18.9 Å².